The number of benzene rings is 2. The van der Waals surface area contributed by atoms with E-state index in [9.17, 15) is 9.90 Å². The van der Waals surface area contributed by atoms with Crippen LogP contribution < -0.4 is 5.32 Å². The average Bonchev–Trinajstić information content (AvgIpc) is 2.66. The van der Waals surface area contributed by atoms with Crippen molar-refractivity contribution in [3.05, 3.63) is 65.7 Å². The first-order valence-corrected chi connectivity index (χ1v) is 8.45. The summed E-state index contributed by atoms with van der Waals surface area (Å²) in [7, 11) is 0. The van der Waals surface area contributed by atoms with Crippen molar-refractivity contribution in [2.24, 2.45) is 0 Å². The van der Waals surface area contributed by atoms with Crippen LogP contribution in [0.3, 0.4) is 0 Å². The molecule has 1 amide bonds. The largest absolute Gasteiger partial charge is 0.508 e. The van der Waals surface area contributed by atoms with E-state index in [1.807, 2.05) is 33.8 Å². The fraction of sp³-hybridized carbons (Fsp3) is 0.350. The Hall–Kier alpha value is -2.33. The lowest BCUT2D eigenvalue weighted by molar-refractivity contribution is -0.129. The number of aliphatic hydroxyl groups is 1. The van der Waals surface area contributed by atoms with Crippen LogP contribution in [0.15, 0.2) is 54.6 Å². The summed E-state index contributed by atoms with van der Waals surface area (Å²) in [5.41, 5.74) is 1.59. The number of carbonyl (C=O) groups excluding carboxylic acids is 1. The van der Waals surface area contributed by atoms with E-state index in [0.717, 1.165) is 5.56 Å². The van der Waals surface area contributed by atoms with Crippen LogP contribution in [0.4, 0.5) is 0 Å². The Morgan fingerprint density at radius 3 is 2.04 bits per heavy atom. The molecule has 2 rings (SSSR count). The molecule has 24 heavy (non-hydrogen) atoms. The fourth-order valence-corrected chi connectivity index (χ4v) is 1.88. The van der Waals surface area contributed by atoms with Crippen LogP contribution in [0.1, 0.15) is 44.9 Å². The summed E-state index contributed by atoms with van der Waals surface area (Å²) in [6.07, 6.45) is -0.496. The summed E-state index contributed by atoms with van der Waals surface area (Å²) in [5.74, 6) is -0.188. The Morgan fingerprint density at radius 2 is 1.50 bits per heavy atom. The average molecular weight is 331 g/mol. The topological polar surface area (TPSA) is 69.6 Å². The molecule has 0 aliphatic rings. The lowest BCUT2D eigenvalue weighted by atomic mass is 10.1. The third kappa shape index (κ3) is 7.79. The molecule has 1 atom stereocenters. The van der Waals surface area contributed by atoms with Crippen molar-refractivity contribution >= 4 is 5.91 Å². The molecule has 0 aliphatic heterocycles. The maximum absolute atomic E-state index is 11.8. The van der Waals surface area contributed by atoms with E-state index in [4.69, 9.17) is 5.11 Å². The van der Waals surface area contributed by atoms with Gasteiger partial charge in [-0.05, 0) is 29.7 Å². The molecule has 0 fully saturated rings. The van der Waals surface area contributed by atoms with E-state index in [-0.39, 0.29) is 5.75 Å². The van der Waals surface area contributed by atoms with Gasteiger partial charge < -0.3 is 15.5 Å². The lowest BCUT2D eigenvalue weighted by Gasteiger charge is -2.11. The molecule has 0 aromatic heterocycles. The predicted octanol–water partition coefficient (Wildman–Crippen LogP) is 3.84. The van der Waals surface area contributed by atoms with Crippen LogP contribution in [0.2, 0.25) is 0 Å². The number of aliphatic hydroxyl groups excluding tert-OH is 1. The van der Waals surface area contributed by atoms with Gasteiger partial charge in [-0.2, -0.15) is 0 Å². The normalized spacial score (nSPS) is 10.4. The highest BCUT2D eigenvalue weighted by Gasteiger charge is 2.15. The summed E-state index contributed by atoms with van der Waals surface area (Å²) >= 11 is 0. The summed E-state index contributed by atoms with van der Waals surface area (Å²) < 4.78 is 0. The van der Waals surface area contributed by atoms with Gasteiger partial charge in [0.15, 0.2) is 6.10 Å². The highest BCUT2D eigenvalue weighted by atomic mass is 16.3. The van der Waals surface area contributed by atoms with Gasteiger partial charge >= 0.3 is 0 Å². The molecule has 132 valence electrons. The molecule has 4 heteroatoms. The second kappa shape index (κ2) is 13.1. The van der Waals surface area contributed by atoms with Crippen LogP contribution in [0.5, 0.6) is 5.75 Å². The quantitative estimate of drug-likeness (QED) is 0.780. The van der Waals surface area contributed by atoms with Gasteiger partial charge in [0.1, 0.15) is 5.75 Å². The zero-order chi connectivity index (χ0) is 18.4. The van der Waals surface area contributed by atoms with Gasteiger partial charge in [-0.25, -0.2) is 0 Å². The maximum Gasteiger partial charge on any atom is 0.253 e. The number of amides is 1. The van der Waals surface area contributed by atoms with Gasteiger partial charge in [0.2, 0.25) is 0 Å². The number of aromatic hydroxyl groups is 1. The van der Waals surface area contributed by atoms with E-state index < -0.39 is 12.0 Å². The van der Waals surface area contributed by atoms with Crippen molar-refractivity contribution in [1.29, 1.82) is 0 Å². The van der Waals surface area contributed by atoms with Crippen LogP contribution in [0.25, 0.3) is 0 Å². The SMILES string of the molecule is CC.CC.O=C(NCCc1ccc(O)cc1)C(O)c1ccccc1. The Bertz CT molecular complexity index is 553. The zero-order valence-corrected chi connectivity index (χ0v) is 15.0. The van der Waals surface area contributed by atoms with Crippen LogP contribution in [-0.2, 0) is 11.2 Å². The highest BCUT2D eigenvalue weighted by Crippen LogP contribution is 2.12. The third-order valence-electron chi connectivity index (χ3n) is 3.01. The second-order valence-corrected chi connectivity index (χ2v) is 4.52. The number of phenolic OH excluding ortho intramolecular Hbond substituents is 1. The monoisotopic (exact) mass is 331 g/mol. The van der Waals surface area contributed by atoms with Gasteiger partial charge in [0.05, 0.1) is 0 Å². The third-order valence-corrected chi connectivity index (χ3v) is 3.01. The Balaban J connectivity index is 0.00000123. The molecule has 1 unspecified atom stereocenters. The van der Waals surface area contributed by atoms with Crippen molar-refractivity contribution in [2.75, 3.05) is 6.54 Å². The van der Waals surface area contributed by atoms with Crippen molar-refractivity contribution < 1.29 is 15.0 Å². The van der Waals surface area contributed by atoms with Crippen molar-refractivity contribution in [3.8, 4) is 5.75 Å². The number of rotatable bonds is 5. The number of nitrogens with one attached hydrogen (secondary N) is 1. The molecule has 0 saturated carbocycles. The first kappa shape index (κ1) is 21.7. The predicted molar refractivity (Wildman–Crippen MR) is 98.9 cm³/mol. The molecular weight excluding hydrogens is 302 g/mol. The van der Waals surface area contributed by atoms with E-state index in [1.54, 1.807) is 48.5 Å². The molecular formula is C20H29NO3. The molecule has 0 spiro atoms. The molecule has 0 heterocycles. The van der Waals surface area contributed by atoms with Crippen molar-refractivity contribution in [3.63, 3.8) is 0 Å². The minimum Gasteiger partial charge on any atom is -0.508 e. The number of hydrogen-bond acceptors (Lipinski definition) is 3. The molecule has 4 nitrogen and oxygen atoms in total. The van der Waals surface area contributed by atoms with Crippen LogP contribution in [-0.4, -0.2) is 22.7 Å². The highest BCUT2D eigenvalue weighted by molar-refractivity contribution is 5.81. The molecule has 3 N–H and O–H groups in total. The van der Waals surface area contributed by atoms with E-state index in [2.05, 4.69) is 5.32 Å². The standard InChI is InChI=1S/C16H17NO3.2C2H6/c18-14-8-6-12(7-9-14)10-11-17-16(20)15(19)13-4-2-1-3-5-13;2*1-2/h1-9,15,18-19H,10-11H2,(H,17,20);2*1-2H3. The maximum atomic E-state index is 11.8. The van der Waals surface area contributed by atoms with E-state index in [1.165, 1.54) is 0 Å². The van der Waals surface area contributed by atoms with Gasteiger partial charge in [-0.1, -0.05) is 70.2 Å². The summed E-state index contributed by atoms with van der Waals surface area (Å²) in [5, 5.41) is 21.7. The van der Waals surface area contributed by atoms with Gasteiger partial charge in [0, 0.05) is 6.54 Å². The Morgan fingerprint density at radius 1 is 0.958 bits per heavy atom. The van der Waals surface area contributed by atoms with Gasteiger partial charge in [-0.15, -0.1) is 0 Å². The molecule has 0 bridgehead atoms. The minimum atomic E-state index is -1.14. The zero-order valence-electron chi connectivity index (χ0n) is 15.0. The number of hydrogen-bond donors (Lipinski definition) is 3. The molecule has 2 aromatic rings. The summed E-state index contributed by atoms with van der Waals surface area (Å²) in [4.78, 5) is 11.8. The Kier molecular flexibility index (Phi) is 11.9. The van der Waals surface area contributed by atoms with Crippen LogP contribution in [0, 0.1) is 0 Å². The van der Waals surface area contributed by atoms with Gasteiger partial charge in [0.25, 0.3) is 5.91 Å². The number of carbonyl (C=O) groups is 1. The summed E-state index contributed by atoms with van der Waals surface area (Å²) in [6.45, 7) is 8.44. The second-order valence-electron chi connectivity index (χ2n) is 4.52. The fourth-order valence-electron chi connectivity index (χ4n) is 1.88. The lowest BCUT2D eigenvalue weighted by Crippen LogP contribution is -2.30. The first-order chi connectivity index (χ1) is 11.7. The van der Waals surface area contributed by atoms with Gasteiger partial charge in [-0.3, -0.25) is 4.79 Å². The molecule has 0 radical (unpaired) electrons. The van der Waals surface area contributed by atoms with Crippen molar-refractivity contribution in [2.45, 2.75) is 40.2 Å². The Labute approximate surface area is 145 Å². The van der Waals surface area contributed by atoms with E-state index in [0.29, 0.717) is 18.5 Å². The molecule has 0 aliphatic carbocycles. The van der Waals surface area contributed by atoms with E-state index >= 15 is 0 Å². The minimum absolute atomic E-state index is 0.220. The van der Waals surface area contributed by atoms with Crippen molar-refractivity contribution in [1.82, 2.24) is 5.32 Å². The molecule has 2 aromatic carbocycles. The smallest absolute Gasteiger partial charge is 0.253 e. The number of phenols is 1. The summed E-state index contributed by atoms with van der Waals surface area (Å²) in [6, 6.07) is 15.6. The molecule has 0 saturated heterocycles. The first-order valence-electron chi connectivity index (χ1n) is 8.45. The van der Waals surface area contributed by atoms with Crippen LogP contribution >= 0.6 is 0 Å².